The highest BCUT2D eigenvalue weighted by Crippen LogP contribution is 2.31. The van der Waals surface area contributed by atoms with E-state index in [9.17, 15) is 0 Å². The van der Waals surface area contributed by atoms with Crippen molar-refractivity contribution in [2.45, 2.75) is 31.9 Å². The topological polar surface area (TPSA) is 35.2 Å². The first-order valence-corrected chi connectivity index (χ1v) is 5.28. The molecule has 0 saturated carbocycles. The molecule has 14 heavy (non-hydrogen) atoms. The molecule has 2 rings (SSSR count). The van der Waals surface area contributed by atoms with Crippen LogP contribution in [0.3, 0.4) is 0 Å². The van der Waals surface area contributed by atoms with Gasteiger partial charge < -0.3 is 10.5 Å². The molecule has 0 aromatic heterocycles. The molecule has 0 bridgehead atoms. The monoisotopic (exact) mass is 191 g/mol. The van der Waals surface area contributed by atoms with Gasteiger partial charge in [-0.25, -0.2) is 0 Å². The van der Waals surface area contributed by atoms with Crippen molar-refractivity contribution in [2.75, 3.05) is 6.61 Å². The van der Waals surface area contributed by atoms with Crippen LogP contribution >= 0.6 is 0 Å². The highest BCUT2D eigenvalue weighted by Gasteiger charge is 2.26. The maximum atomic E-state index is 6.05. The number of hydrogen-bond acceptors (Lipinski definition) is 2. The highest BCUT2D eigenvalue weighted by atomic mass is 16.5. The zero-order valence-electron chi connectivity index (χ0n) is 8.57. The van der Waals surface area contributed by atoms with E-state index >= 15 is 0 Å². The predicted octanol–water partition coefficient (Wildman–Crippen LogP) is 2.04. The third kappa shape index (κ3) is 1.68. The summed E-state index contributed by atoms with van der Waals surface area (Å²) < 4.78 is 5.70. The average Bonchev–Trinajstić information content (AvgIpc) is 2.23. The SMILES string of the molecule is CCOC1c2ccccc2CCC1N. The lowest BCUT2D eigenvalue weighted by Crippen LogP contribution is -2.34. The van der Waals surface area contributed by atoms with Crippen molar-refractivity contribution < 1.29 is 4.74 Å². The Labute approximate surface area is 85.1 Å². The third-order valence-corrected chi connectivity index (χ3v) is 2.84. The molecular formula is C12H17NO. The summed E-state index contributed by atoms with van der Waals surface area (Å²) >= 11 is 0. The van der Waals surface area contributed by atoms with Gasteiger partial charge in [0.2, 0.25) is 0 Å². The molecule has 76 valence electrons. The summed E-state index contributed by atoms with van der Waals surface area (Å²) in [5.41, 5.74) is 8.74. The van der Waals surface area contributed by atoms with Gasteiger partial charge in [0, 0.05) is 12.6 Å². The molecule has 0 aliphatic heterocycles. The van der Waals surface area contributed by atoms with Gasteiger partial charge in [-0.05, 0) is 30.9 Å². The quantitative estimate of drug-likeness (QED) is 0.776. The smallest absolute Gasteiger partial charge is 0.0978 e. The van der Waals surface area contributed by atoms with E-state index in [-0.39, 0.29) is 12.1 Å². The van der Waals surface area contributed by atoms with Crippen LogP contribution in [-0.2, 0) is 11.2 Å². The summed E-state index contributed by atoms with van der Waals surface area (Å²) in [6.45, 7) is 2.75. The normalized spacial score (nSPS) is 25.9. The first kappa shape index (κ1) is 9.69. The molecule has 1 aromatic carbocycles. The predicted molar refractivity (Wildman–Crippen MR) is 57.1 cm³/mol. The number of ether oxygens (including phenoxy) is 1. The van der Waals surface area contributed by atoms with E-state index in [2.05, 4.69) is 24.3 Å². The number of benzene rings is 1. The van der Waals surface area contributed by atoms with E-state index in [1.54, 1.807) is 0 Å². The van der Waals surface area contributed by atoms with Gasteiger partial charge >= 0.3 is 0 Å². The van der Waals surface area contributed by atoms with E-state index in [1.165, 1.54) is 11.1 Å². The van der Waals surface area contributed by atoms with Gasteiger partial charge in [-0.2, -0.15) is 0 Å². The summed E-state index contributed by atoms with van der Waals surface area (Å²) in [5, 5.41) is 0. The van der Waals surface area contributed by atoms with Crippen molar-refractivity contribution in [2.24, 2.45) is 5.73 Å². The number of aryl methyl sites for hydroxylation is 1. The second-order valence-electron chi connectivity index (χ2n) is 3.78. The molecule has 0 amide bonds. The van der Waals surface area contributed by atoms with Crippen LogP contribution in [0.2, 0.25) is 0 Å². The lowest BCUT2D eigenvalue weighted by Gasteiger charge is -2.30. The number of nitrogens with two attached hydrogens (primary N) is 1. The molecule has 1 aliphatic rings. The van der Waals surface area contributed by atoms with Crippen molar-refractivity contribution in [3.8, 4) is 0 Å². The molecule has 2 heteroatoms. The molecule has 0 heterocycles. The Morgan fingerprint density at radius 3 is 3.00 bits per heavy atom. The van der Waals surface area contributed by atoms with Crippen LogP contribution in [0.25, 0.3) is 0 Å². The molecule has 0 radical (unpaired) electrons. The minimum Gasteiger partial charge on any atom is -0.372 e. The van der Waals surface area contributed by atoms with E-state index in [4.69, 9.17) is 10.5 Å². The molecule has 0 saturated heterocycles. The lowest BCUT2D eigenvalue weighted by atomic mass is 9.86. The molecule has 2 unspecified atom stereocenters. The first-order chi connectivity index (χ1) is 6.83. The molecule has 0 spiro atoms. The Bertz CT molecular complexity index is 311. The van der Waals surface area contributed by atoms with Crippen LogP contribution in [0.4, 0.5) is 0 Å². The Morgan fingerprint density at radius 1 is 1.43 bits per heavy atom. The van der Waals surface area contributed by atoms with E-state index in [1.807, 2.05) is 6.92 Å². The van der Waals surface area contributed by atoms with Crippen molar-refractivity contribution in [1.29, 1.82) is 0 Å². The Kier molecular flexibility index (Phi) is 2.85. The number of fused-ring (bicyclic) bond motifs is 1. The van der Waals surface area contributed by atoms with Crippen molar-refractivity contribution in [3.63, 3.8) is 0 Å². The van der Waals surface area contributed by atoms with Gasteiger partial charge in [-0.15, -0.1) is 0 Å². The molecule has 1 aliphatic carbocycles. The van der Waals surface area contributed by atoms with Crippen LogP contribution in [-0.4, -0.2) is 12.6 Å². The summed E-state index contributed by atoms with van der Waals surface area (Å²) in [6, 6.07) is 8.61. The Balaban J connectivity index is 2.31. The van der Waals surface area contributed by atoms with Crippen molar-refractivity contribution in [1.82, 2.24) is 0 Å². The van der Waals surface area contributed by atoms with E-state index in [0.717, 1.165) is 19.4 Å². The second-order valence-corrected chi connectivity index (χ2v) is 3.78. The van der Waals surface area contributed by atoms with Crippen molar-refractivity contribution >= 4 is 0 Å². The summed E-state index contributed by atoms with van der Waals surface area (Å²) in [5.74, 6) is 0. The van der Waals surface area contributed by atoms with Crippen LogP contribution < -0.4 is 5.73 Å². The molecule has 2 nitrogen and oxygen atoms in total. The van der Waals surface area contributed by atoms with Gasteiger partial charge in [0.25, 0.3) is 0 Å². The minimum atomic E-state index is 0.102. The van der Waals surface area contributed by atoms with Crippen LogP contribution in [0.1, 0.15) is 30.6 Å². The van der Waals surface area contributed by atoms with Crippen LogP contribution in [0.5, 0.6) is 0 Å². The van der Waals surface area contributed by atoms with Gasteiger partial charge in [0.05, 0.1) is 6.10 Å². The zero-order valence-corrected chi connectivity index (χ0v) is 8.57. The fourth-order valence-corrected chi connectivity index (χ4v) is 2.14. The van der Waals surface area contributed by atoms with Gasteiger partial charge in [-0.1, -0.05) is 24.3 Å². The minimum absolute atomic E-state index is 0.102. The maximum absolute atomic E-state index is 6.05. The fraction of sp³-hybridized carbons (Fsp3) is 0.500. The fourth-order valence-electron chi connectivity index (χ4n) is 2.14. The number of rotatable bonds is 2. The lowest BCUT2D eigenvalue weighted by molar-refractivity contribution is 0.0361. The molecule has 1 aromatic rings. The standard InChI is InChI=1S/C12H17NO/c1-2-14-12-10-6-4-3-5-9(10)7-8-11(12)13/h3-6,11-12H,2,7-8,13H2,1H3. The third-order valence-electron chi connectivity index (χ3n) is 2.84. The average molecular weight is 191 g/mol. The largest absolute Gasteiger partial charge is 0.372 e. The van der Waals surface area contributed by atoms with Gasteiger partial charge in [0.1, 0.15) is 0 Å². The maximum Gasteiger partial charge on any atom is 0.0978 e. The van der Waals surface area contributed by atoms with Crippen LogP contribution in [0, 0.1) is 0 Å². The van der Waals surface area contributed by atoms with Crippen LogP contribution in [0.15, 0.2) is 24.3 Å². The zero-order chi connectivity index (χ0) is 9.97. The first-order valence-electron chi connectivity index (χ1n) is 5.28. The number of hydrogen-bond donors (Lipinski definition) is 1. The highest BCUT2D eigenvalue weighted by molar-refractivity contribution is 5.32. The van der Waals surface area contributed by atoms with Gasteiger partial charge in [-0.3, -0.25) is 0 Å². The Hall–Kier alpha value is -0.860. The summed E-state index contributed by atoms with van der Waals surface area (Å²) in [6.07, 6.45) is 2.22. The summed E-state index contributed by atoms with van der Waals surface area (Å²) in [7, 11) is 0. The molecule has 2 N–H and O–H groups in total. The molecule has 0 fully saturated rings. The van der Waals surface area contributed by atoms with E-state index in [0.29, 0.717) is 0 Å². The molecule has 2 atom stereocenters. The van der Waals surface area contributed by atoms with E-state index < -0.39 is 0 Å². The van der Waals surface area contributed by atoms with Gasteiger partial charge in [0.15, 0.2) is 0 Å². The Morgan fingerprint density at radius 2 is 2.21 bits per heavy atom. The van der Waals surface area contributed by atoms with Crippen molar-refractivity contribution in [3.05, 3.63) is 35.4 Å². The second kappa shape index (κ2) is 4.11. The molecular weight excluding hydrogens is 174 g/mol. The summed E-state index contributed by atoms with van der Waals surface area (Å²) in [4.78, 5) is 0.